The second kappa shape index (κ2) is 38.6. The highest BCUT2D eigenvalue weighted by atomic mass is 19.1. The van der Waals surface area contributed by atoms with Gasteiger partial charge in [0.05, 0.1) is 62.7 Å². The highest BCUT2D eigenvalue weighted by molar-refractivity contribution is 5.94. The monoisotopic (exact) mass is 1650 g/mol. The van der Waals surface area contributed by atoms with Gasteiger partial charge in [-0.25, -0.2) is 29.1 Å². The minimum atomic E-state index is -1.10. The summed E-state index contributed by atoms with van der Waals surface area (Å²) in [6, 6.07) is 40.2. The van der Waals surface area contributed by atoms with Crippen LogP contribution >= 0.6 is 0 Å². The van der Waals surface area contributed by atoms with Crippen molar-refractivity contribution in [2.75, 3.05) is 0 Å². The van der Waals surface area contributed by atoms with Crippen molar-refractivity contribution in [1.82, 2.24) is 65.6 Å². The Kier molecular flexibility index (Phi) is 28.4. The van der Waals surface area contributed by atoms with Crippen molar-refractivity contribution in [3.8, 4) is 114 Å². The van der Waals surface area contributed by atoms with Crippen LogP contribution in [0.4, 0.5) is 4.39 Å². The lowest BCUT2D eigenvalue weighted by Gasteiger charge is -2.15. The third kappa shape index (κ3) is 23.5. The minimum Gasteiger partial charge on any atom is -0.399 e. The minimum absolute atomic E-state index is 0.0906. The molecule has 0 bridgehead atoms. The zero-order valence-electron chi connectivity index (χ0n) is 73.7. The number of rotatable bonds is 12. The number of aliphatic hydroxyl groups is 4. The molecule has 632 valence electrons. The number of nitrogens with two attached hydrogens (primary N) is 1. The average Bonchev–Trinajstić information content (AvgIpc) is 1.26. The van der Waals surface area contributed by atoms with Crippen LogP contribution in [0.1, 0.15) is 245 Å². The van der Waals surface area contributed by atoms with Crippen molar-refractivity contribution in [1.29, 1.82) is 0 Å². The van der Waals surface area contributed by atoms with Crippen molar-refractivity contribution in [3.05, 3.63) is 288 Å². The molecule has 1 aliphatic heterocycles. The summed E-state index contributed by atoms with van der Waals surface area (Å²) in [5.41, 5.74) is 28.3. The van der Waals surface area contributed by atoms with Gasteiger partial charge in [-0.05, 0) is 221 Å². The first-order valence-corrected chi connectivity index (χ1v) is 41.4. The van der Waals surface area contributed by atoms with Crippen molar-refractivity contribution >= 4 is 34.4 Å². The molecule has 3 aromatic carbocycles. The number of pyridine rings is 7. The quantitative estimate of drug-likeness (QED) is 0.0513. The second-order valence-corrected chi connectivity index (χ2v) is 34.3. The van der Waals surface area contributed by atoms with Crippen molar-refractivity contribution in [3.63, 3.8) is 0 Å². The molecule has 3 aliphatic rings. The van der Waals surface area contributed by atoms with Gasteiger partial charge in [-0.3, -0.25) is 24.7 Å². The van der Waals surface area contributed by atoms with E-state index in [-0.39, 0.29) is 34.9 Å². The smallest absolute Gasteiger partial charge is 0.326 e. The van der Waals surface area contributed by atoms with Crippen LogP contribution in [0.3, 0.4) is 0 Å². The van der Waals surface area contributed by atoms with Gasteiger partial charge >= 0.3 is 5.69 Å². The number of benzene rings is 3. The van der Waals surface area contributed by atoms with Gasteiger partial charge in [0, 0.05) is 98.8 Å². The summed E-state index contributed by atoms with van der Waals surface area (Å²) in [4.78, 5) is 61.6. The molecule has 0 fully saturated rings. The normalized spacial score (nSPS) is 12.3. The molecule has 9 aromatic heterocycles. The molecule has 10 N–H and O–H groups in total. The zero-order chi connectivity index (χ0) is 89.9. The Morgan fingerprint density at radius 1 is 0.468 bits per heavy atom. The van der Waals surface area contributed by atoms with E-state index in [1.807, 2.05) is 76.5 Å². The lowest BCUT2D eigenvalue weighted by atomic mass is 9.92. The van der Waals surface area contributed by atoms with Crippen LogP contribution < -0.4 is 22.3 Å². The summed E-state index contributed by atoms with van der Waals surface area (Å²) in [7, 11) is 0. The summed E-state index contributed by atoms with van der Waals surface area (Å²) in [6.07, 6.45) is 16.0. The number of hydrogen-bond donors (Lipinski definition) is 9. The number of nitrogens with one attached hydrogen (secondary N) is 4. The SMILES string of the molecule is C=C(N)c1cc(-c2ccc(C#CC(C)(C)O)nc2C(C)C)ccc1F.C=C1NCc2c1cccc2-c1ccc(C#CC(C)(C)O)nc1C(C)C.CC(C)c1nc(-c2cn[nH]n2)ccc1-c1cnc2c(c1)C=CC2.CC(C)c1nc(C#CC(C)(C)O)ccc1-c1cccc2c(=O)[nH]c(=O)[nH]c12.CC(C)c1nc(C#CC(C)(C)O)ccc1-c1cnc2c(c1)C=CC2. The molecule has 21 heteroatoms. The Morgan fingerprint density at radius 2 is 0.879 bits per heavy atom. The van der Waals surface area contributed by atoms with E-state index in [0.29, 0.717) is 39.6 Å². The van der Waals surface area contributed by atoms with Crippen LogP contribution in [0.15, 0.2) is 181 Å². The number of hydrogen-bond acceptors (Lipinski definition) is 17. The summed E-state index contributed by atoms with van der Waals surface area (Å²) in [5.74, 6) is 23.6. The molecule has 124 heavy (non-hydrogen) atoms. The van der Waals surface area contributed by atoms with Gasteiger partial charge in [0.15, 0.2) is 0 Å². The topological polar surface area (TPSA) is 316 Å². The van der Waals surface area contributed by atoms with Crippen LogP contribution in [-0.4, -0.2) is 103 Å². The predicted octanol–water partition coefficient (Wildman–Crippen LogP) is 18.2. The van der Waals surface area contributed by atoms with E-state index in [9.17, 15) is 34.4 Å². The van der Waals surface area contributed by atoms with Gasteiger partial charge < -0.3 is 36.5 Å². The largest absolute Gasteiger partial charge is 0.399 e. The lowest BCUT2D eigenvalue weighted by molar-refractivity contribution is 0.143. The van der Waals surface area contributed by atoms with Crippen LogP contribution in [0, 0.1) is 53.2 Å². The van der Waals surface area contributed by atoms with E-state index in [1.165, 1.54) is 33.9 Å². The van der Waals surface area contributed by atoms with Gasteiger partial charge in [-0.2, -0.15) is 15.4 Å². The molecular weight excluding hydrogens is 1550 g/mol. The van der Waals surface area contributed by atoms with E-state index in [0.717, 1.165) is 126 Å². The van der Waals surface area contributed by atoms with E-state index in [1.54, 1.807) is 98.0 Å². The summed E-state index contributed by atoms with van der Waals surface area (Å²) >= 11 is 0. The molecule has 12 aromatic rings. The summed E-state index contributed by atoms with van der Waals surface area (Å²) in [6.45, 7) is 42.6. The predicted molar refractivity (Wildman–Crippen MR) is 496 cm³/mol. The van der Waals surface area contributed by atoms with E-state index in [4.69, 9.17) is 20.7 Å². The molecule has 0 saturated heterocycles. The lowest BCUT2D eigenvalue weighted by Crippen LogP contribution is -2.22. The Morgan fingerprint density at radius 3 is 1.32 bits per heavy atom. The average molecular weight is 1660 g/mol. The Labute approximate surface area is 725 Å². The maximum absolute atomic E-state index is 13.9. The summed E-state index contributed by atoms with van der Waals surface area (Å²) < 4.78 is 13.9. The molecule has 0 amide bonds. The molecule has 0 atom stereocenters. The maximum Gasteiger partial charge on any atom is 0.326 e. The Bertz CT molecular complexity index is 6510. The van der Waals surface area contributed by atoms with Gasteiger partial charge in [0.2, 0.25) is 0 Å². The van der Waals surface area contributed by atoms with Crippen molar-refractivity contribution in [2.45, 2.75) is 196 Å². The number of H-pyrrole nitrogens is 3. The van der Waals surface area contributed by atoms with Gasteiger partial charge in [-0.15, -0.1) is 0 Å². The van der Waals surface area contributed by atoms with E-state index in [2.05, 4.69) is 226 Å². The fourth-order valence-electron chi connectivity index (χ4n) is 13.9. The molecule has 10 heterocycles. The summed E-state index contributed by atoms with van der Waals surface area (Å²) in [5, 5.41) is 53.4. The zero-order valence-corrected chi connectivity index (χ0v) is 73.7. The number of halogens is 1. The highest BCUT2D eigenvalue weighted by Gasteiger charge is 2.25. The van der Waals surface area contributed by atoms with Gasteiger partial charge in [0.1, 0.15) is 56.7 Å². The Hall–Kier alpha value is -13.6. The fourth-order valence-corrected chi connectivity index (χ4v) is 13.9. The highest BCUT2D eigenvalue weighted by Crippen LogP contribution is 2.39. The van der Waals surface area contributed by atoms with Crippen molar-refractivity contribution < 1.29 is 24.8 Å². The molecule has 0 unspecified atom stereocenters. The molecule has 2 aliphatic carbocycles. The van der Waals surface area contributed by atoms with E-state index < -0.39 is 39.5 Å². The number of para-hydroxylation sites is 1. The van der Waals surface area contributed by atoms with Crippen LogP contribution in [0.2, 0.25) is 0 Å². The number of nitrogens with zero attached hydrogens (tertiary/aromatic N) is 9. The van der Waals surface area contributed by atoms with Crippen LogP contribution in [0.25, 0.3) is 101 Å². The third-order valence-corrected chi connectivity index (χ3v) is 19.8. The first-order chi connectivity index (χ1) is 58.5. The molecule has 0 saturated carbocycles. The third-order valence-electron chi connectivity index (χ3n) is 19.8. The first kappa shape index (κ1) is 91.1. The first-order valence-electron chi connectivity index (χ1n) is 41.4. The van der Waals surface area contributed by atoms with Gasteiger partial charge in [-0.1, -0.05) is 173 Å². The molecule has 0 spiro atoms. The van der Waals surface area contributed by atoms with E-state index >= 15 is 0 Å². The molecular formula is C103H107FN14O6. The number of allylic oxidation sites excluding steroid dienone is 2. The molecule has 15 rings (SSSR count). The standard InChI is InChI=1S/C22H24N2O.C21H23FN2O.C21H21N3O3.C21H22N2O.C18H17N5/c1-14(2)21-19(10-9-16(24-21)11-12-22(4,5)25)18-8-6-7-17-15(3)23-13-20(17)18;1-13(2)20-17(8-7-16(24-20)10-11-21(4,5)25)15-6-9-19(22)18(12-15)14(3)23;1-12(2)17-15(9-8-13(22-17)10-11-21(3,4)27)14-6-5-7-16-18(14)23-20(26)24-19(16)25;1-14(2)20-18(9-8-17(23-20)10-11-21(3,4)24)16-12-15-6-5-7-19(15)22-13-16;1-11(2)18-14(6-7-16(21-18)17-10-20-23-22-17)13-8-12-4-3-5-15(12)19-9-13/h6-10,14,23,25H,3,13H2,1-2,4-5H3;6-9,12-13,25H,3,23H2,1-2,4-5H3;5-9,12,27H,1-4H3,(H2,23,24,25,26);5-6,8-9,12-14,24H,7H2,1-4H3;3-4,6-11H,5H2,1-2H3,(H,20,22,23). The number of fused-ring (bicyclic) bond motifs is 4. The Balaban J connectivity index is 0.000000151. The van der Waals surface area contributed by atoms with Crippen molar-refractivity contribution in [2.24, 2.45) is 5.73 Å². The molecule has 0 radical (unpaired) electrons. The van der Waals surface area contributed by atoms with Crippen LogP contribution in [-0.2, 0) is 19.4 Å². The molecule has 20 nitrogen and oxygen atoms in total. The number of aromatic amines is 3. The van der Waals surface area contributed by atoms with Gasteiger partial charge in [0.25, 0.3) is 5.56 Å². The fraction of sp³-hybridized carbons (Fsp3) is 0.291. The number of aromatic nitrogens is 12. The second-order valence-electron chi connectivity index (χ2n) is 34.3. The van der Waals surface area contributed by atoms with Crippen LogP contribution in [0.5, 0.6) is 0 Å². The maximum atomic E-state index is 13.9.